The normalized spacial score (nSPS) is 16.1. The summed E-state index contributed by atoms with van der Waals surface area (Å²) >= 11 is 0. The lowest BCUT2D eigenvalue weighted by molar-refractivity contribution is 0.693. The Kier molecular flexibility index (Phi) is 7.09. The molecule has 4 nitrogen and oxygen atoms in total. The van der Waals surface area contributed by atoms with Crippen molar-refractivity contribution in [2.75, 3.05) is 11.4 Å². The third-order valence-corrected chi connectivity index (χ3v) is 3.65. The van der Waals surface area contributed by atoms with Gasteiger partial charge in [0.25, 0.3) is 0 Å². The molecule has 2 heterocycles. The number of aromatic nitrogens is 2. The van der Waals surface area contributed by atoms with E-state index in [2.05, 4.69) is 45.4 Å². The summed E-state index contributed by atoms with van der Waals surface area (Å²) in [7, 11) is 2.04. The van der Waals surface area contributed by atoms with Gasteiger partial charge in [0.1, 0.15) is 5.52 Å². The molecule has 0 aliphatic carbocycles. The minimum absolute atomic E-state index is 0.421. The van der Waals surface area contributed by atoms with Crippen LogP contribution in [0.2, 0.25) is 0 Å². The van der Waals surface area contributed by atoms with E-state index >= 15 is 0 Å². The van der Waals surface area contributed by atoms with E-state index in [1.54, 1.807) is 0 Å². The summed E-state index contributed by atoms with van der Waals surface area (Å²) in [6.07, 6.45) is 4.92. The summed E-state index contributed by atoms with van der Waals surface area (Å²) < 4.78 is 2.08. The van der Waals surface area contributed by atoms with Crippen LogP contribution in [0.4, 0.5) is 5.69 Å². The summed E-state index contributed by atoms with van der Waals surface area (Å²) in [5.41, 5.74) is 4.70. The van der Waals surface area contributed by atoms with E-state index in [4.69, 9.17) is 0 Å². The van der Waals surface area contributed by atoms with Gasteiger partial charge in [0.15, 0.2) is 0 Å². The van der Waals surface area contributed by atoms with Gasteiger partial charge in [0.2, 0.25) is 0 Å². The summed E-state index contributed by atoms with van der Waals surface area (Å²) in [6.45, 7) is 13.3. The Labute approximate surface area is 134 Å². The van der Waals surface area contributed by atoms with E-state index < -0.39 is 0 Å². The maximum absolute atomic E-state index is 4.53. The molecule has 1 aliphatic rings. The van der Waals surface area contributed by atoms with Gasteiger partial charge in [0, 0.05) is 13.6 Å². The van der Waals surface area contributed by atoms with E-state index in [1.807, 2.05) is 47.4 Å². The first-order valence-electron chi connectivity index (χ1n) is 8.41. The zero-order valence-corrected chi connectivity index (χ0v) is 15.1. The van der Waals surface area contributed by atoms with Gasteiger partial charge in [0.05, 0.1) is 29.9 Å². The van der Waals surface area contributed by atoms with Crippen molar-refractivity contribution in [1.82, 2.24) is 9.55 Å². The average Bonchev–Trinajstić information content (AvgIpc) is 3.19. The van der Waals surface area contributed by atoms with Crippen molar-refractivity contribution >= 4 is 23.1 Å². The molecule has 122 valence electrons. The lowest BCUT2D eigenvalue weighted by atomic mass is 10.1. The molecule has 1 unspecified atom stereocenters. The first-order chi connectivity index (χ1) is 10.7. The summed E-state index contributed by atoms with van der Waals surface area (Å²) in [4.78, 5) is 11.3. The number of imidazole rings is 1. The minimum atomic E-state index is 0.421. The predicted molar refractivity (Wildman–Crippen MR) is 98.1 cm³/mol. The first kappa shape index (κ1) is 18.2. The number of anilines is 1. The number of hydrogen-bond donors (Lipinski definition) is 0. The highest BCUT2D eigenvalue weighted by molar-refractivity contribution is 5.97. The number of nitrogens with zero attached hydrogens (tertiary/aromatic N) is 4. The second-order valence-corrected chi connectivity index (χ2v) is 4.93. The second kappa shape index (κ2) is 8.57. The molecule has 2 aromatic rings. The number of aryl methyl sites for hydroxylation is 2. The summed E-state index contributed by atoms with van der Waals surface area (Å²) in [5, 5.41) is 0. The molecular formula is C18H30N4. The SMILES string of the molecule is CC.CC.CCC1CN(c2ccc(C)c3c2ncn3C)C=N1. The lowest BCUT2D eigenvalue weighted by Gasteiger charge is -2.17. The first-order valence-corrected chi connectivity index (χ1v) is 8.41. The number of aliphatic imine (C=N–C) groups is 1. The van der Waals surface area contributed by atoms with Crippen molar-refractivity contribution in [1.29, 1.82) is 0 Å². The van der Waals surface area contributed by atoms with E-state index in [-0.39, 0.29) is 0 Å². The highest BCUT2D eigenvalue weighted by Crippen LogP contribution is 2.29. The van der Waals surface area contributed by atoms with Crippen LogP contribution >= 0.6 is 0 Å². The fraction of sp³-hybridized carbons (Fsp3) is 0.556. The van der Waals surface area contributed by atoms with Crippen LogP contribution in [0.1, 0.15) is 46.6 Å². The maximum Gasteiger partial charge on any atom is 0.112 e. The van der Waals surface area contributed by atoms with Crippen LogP contribution in [0.15, 0.2) is 23.5 Å². The number of rotatable bonds is 2. The predicted octanol–water partition coefficient (Wildman–Crippen LogP) is 4.56. The molecule has 4 heteroatoms. The molecule has 0 N–H and O–H groups in total. The van der Waals surface area contributed by atoms with Gasteiger partial charge in [-0.25, -0.2) is 4.98 Å². The van der Waals surface area contributed by atoms with Crippen molar-refractivity contribution in [2.45, 2.75) is 54.0 Å². The fourth-order valence-electron chi connectivity index (χ4n) is 2.57. The molecule has 0 spiro atoms. The Bertz CT molecular complexity index is 613. The van der Waals surface area contributed by atoms with Crippen molar-refractivity contribution in [3.63, 3.8) is 0 Å². The highest BCUT2D eigenvalue weighted by atomic mass is 15.2. The quantitative estimate of drug-likeness (QED) is 0.814. The third kappa shape index (κ3) is 3.49. The van der Waals surface area contributed by atoms with E-state index in [0.717, 1.165) is 24.2 Å². The largest absolute Gasteiger partial charge is 0.333 e. The molecule has 0 saturated carbocycles. The second-order valence-electron chi connectivity index (χ2n) is 4.93. The molecule has 0 bridgehead atoms. The van der Waals surface area contributed by atoms with Crippen molar-refractivity contribution < 1.29 is 0 Å². The fourth-order valence-corrected chi connectivity index (χ4v) is 2.57. The molecular weight excluding hydrogens is 272 g/mol. The molecule has 0 radical (unpaired) electrons. The lowest BCUT2D eigenvalue weighted by Crippen LogP contribution is -2.22. The molecule has 0 fully saturated rings. The highest BCUT2D eigenvalue weighted by Gasteiger charge is 2.20. The van der Waals surface area contributed by atoms with Crippen LogP contribution < -0.4 is 4.90 Å². The molecule has 0 saturated heterocycles. The van der Waals surface area contributed by atoms with Gasteiger partial charge in [-0.3, -0.25) is 4.99 Å². The monoisotopic (exact) mass is 302 g/mol. The Morgan fingerprint density at radius 2 is 1.86 bits per heavy atom. The van der Waals surface area contributed by atoms with Crippen molar-refractivity contribution in [2.24, 2.45) is 12.0 Å². The van der Waals surface area contributed by atoms with Gasteiger partial charge in [-0.2, -0.15) is 0 Å². The third-order valence-electron chi connectivity index (χ3n) is 3.65. The molecule has 1 aromatic carbocycles. The summed E-state index contributed by atoms with van der Waals surface area (Å²) in [5.74, 6) is 0. The molecule has 0 amide bonds. The maximum atomic E-state index is 4.53. The van der Waals surface area contributed by atoms with Crippen LogP contribution in [0.25, 0.3) is 11.0 Å². The van der Waals surface area contributed by atoms with E-state index in [9.17, 15) is 0 Å². The standard InChI is InChI=1S/C14H18N4.2C2H6/c1-4-11-7-18(9-15-11)12-6-5-10(2)14-13(12)16-8-17(14)3;2*1-2/h5-6,8-9,11H,4,7H2,1-3H3;2*1-2H3. The Balaban J connectivity index is 0.000000561. The van der Waals surface area contributed by atoms with Crippen molar-refractivity contribution in [3.05, 3.63) is 24.0 Å². The topological polar surface area (TPSA) is 33.4 Å². The molecule has 1 aliphatic heterocycles. The van der Waals surface area contributed by atoms with Crippen LogP contribution in [0, 0.1) is 6.92 Å². The van der Waals surface area contributed by atoms with Crippen LogP contribution in [-0.4, -0.2) is 28.5 Å². The van der Waals surface area contributed by atoms with Crippen LogP contribution in [-0.2, 0) is 7.05 Å². The Hall–Kier alpha value is -1.84. The van der Waals surface area contributed by atoms with Crippen LogP contribution in [0.3, 0.4) is 0 Å². The zero-order valence-electron chi connectivity index (χ0n) is 15.1. The van der Waals surface area contributed by atoms with Crippen molar-refractivity contribution in [3.8, 4) is 0 Å². The van der Waals surface area contributed by atoms with Gasteiger partial charge in [-0.15, -0.1) is 0 Å². The zero-order chi connectivity index (χ0) is 16.7. The van der Waals surface area contributed by atoms with Gasteiger partial charge < -0.3 is 9.47 Å². The van der Waals surface area contributed by atoms with E-state index in [0.29, 0.717) is 6.04 Å². The van der Waals surface area contributed by atoms with Gasteiger partial charge in [-0.05, 0) is 25.0 Å². The van der Waals surface area contributed by atoms with E-state index in [1.165, 1.54) is 11.1 Å². The Morgan fingerprint density at radius 3 is 2.45 bits per heavy atom. The average molecular weight is 302 g/mol. The smallest absolute Gasteiger partial charge is 0.112 e. The number of benzene rings is 1. The summed E-state index contributed by atoms with van der Waals surface area (Å²) in [6, 6.07) is 4.73. The Morgan fingerprint density at radius 1 is 1.18 bits per heavy atom. The minimum Gasteiger partial charge on any atom is -0.333 e. The molecule has 3 rings (SSSR count). The number of fused-ring (bicyclic) bond motifs is 1. The molecule has 22 heavy (non-hydrogen) atoms. The van der Waals surface area contributed by atoms with Gasteiger partial charge in [-0.1, -0.05) is 40.7 Å². The number of hydrogen-bond acceptors (Lipinski definition) is 3. The van der Waals surface area contributed by atoms with Gasteiger partial charge >= 0.3 is 0 Å². The van der Waals surface area contributed by atoms with Crippen LogP contribution in [0.5, 0.6) is 0 Å². The molecule has 1 atom stereocenters. The molecule has 1 aromatic heterocycles.